The predicted octanol–water partition coefficient (Wildman–Crippen LogP) is 1.88. The summed E-state index contributed by atoms with van der Waals surface area (Å²) in [5, 5.41) is 2.70. The zero-order valence-electron chi connectivity index (χ0n) is 14.9. The number of benzene rings is 1. The predicted molar refractivity (Wildman–Crippen MR) is 96.5 cm³/mol. The Kier molecular flexibility index (Phi) is 3.41. The largest absolute Gasteiger partial charge is 0.325 e. The minimum Gasteiger partial charge on any atom is -0.325 e. The maximum Gasteiger partial charge on any atom is 0.244 e. The summed E-state index contributed by atoms with van der Waals surface area (Å²) in [4.78, 5) is 50.6. The van der Waals surface area contributed by atoms with Gasteiger partial charge >= 0.3 is 0 Å². The number of carbonyl (C=O) groups is 4. The molecule has 1 heterocycles. The molecule has 1 aromatic rings. The minimum atomic E-state index is -0.406. The molecule has 6 nitrogen and oxygen atoms in total. The zero-order chi connectivity index (χ0) is 18.9. The Hall–Kier alpha value is -2.76. The van der Waals surface area contributed by atoms with Crippen LogP contribution in [0.25, 0.3) is 0 Å². The van der Waals surface area contributed by atoms with Gasteiger partial charge in [-0.05, 0) is 61.3 Å². The molecule has 6 heteroatoms. The van der Waals surface area contributed by atoms with Gasteiger partial charge < -0.3 is 5.32 Å². The summed E-state index contributed by atoms with van der Waals surface area (Å²) in [5.74, 6) is 0.00757. The molecule has 2 saturated carbocycles. The van der Waals surface area contributed by atoms with Crippen molar-refractivity contribution in [3.63, 3.8) is 0 Å². The Balaban J connectivity index is 1.29. The van der Waals surface area contributed by atoms with E-state index in [9.17, 15) is 19.2 Å². The van der Waals surface area contributed by atoms with Gasteiger partial charge in [0.05, 0.1) is 11.8 Å². The lowest BCUT2D eigenvalue weighted by Gasteiger charge is -2.37. The first-order valence-electron chi connectivity index (χ1n) is 9.40. The number of allylic oxidation sites excluding steroid dienone is 2. The normalized spacial score (nSPS) is 35.1. The maximum atomic E-state index is 12.9. The van der Waals surface area contributed by atoms with Gasteiger partial charge in [-0.1, -0.05) is 12.2 Å². The number of hydrogen-bond acceptors (Lipinski definition) is 4. The van der Waals surface area contributed by atoms with Gasteiger partial charge in [0.15, 0.2) is 5.78 Å². The molecule has 0 unspecified atom stereocenters. The third kappa shape index (κ3) is 2.39. The van der Waals surface area contributed by atoms with Crippen LogP contribution in [-0.2, 0) is 14.4 Å². The third-order valence-corrected chi connectivity index (χ3v) is 6.63. The molecule has 1 aromatic carbocycles. The molecule has 27 heavy (non-hydrogen) atoms. The summed E-state index contributed by atoms with van der Waals surface area (Å²) < 4.78 is 0. The van der Waals surface area contributed by atoms with E-state index in [1.165, 1.54) is 6.92 Å². The van der Waals surface area contributed by atoms with E-state index >= 15 is 0 Å². The monoisotopic (exact) mass is 364 g/mol. The van der Waals surface area contributed by atoms with Gasteiger partial charge in [-0.3, -0.25) is 24.1 Å². The molecule has 4 aliphatic carbocycles. The Morgan fingerprint density at radius 3 is 2.07 bits per heavy atom. The molecule has 6 rings (SSSR count). The highest BCUT2D eigenvalue weighted by Gasteiger charge is 2.67. The second-order valence-corrected chi connectivity index (χ2v) is 8.10. The van der Waals surface area contributed by atoms with Crippen LogP contribution < -0.4 is 5.32 Å². The van der Waals surface area contributed by atoms with Crippen molar-refractivity contribution >= 4 is 29.2 Å². The van der Waals surface area contributed by atoms with Crippen molar-refractivity contribution in [2.75, 3.05) is 11.9 Å². The van der Waals surface area contributed by atoms with Crippen molar-refractivity contribution in [3.8, 4) is 0 Å². The van der Waals surface area contributed by atoms with Crippen molar-refractivity contribution < 1.29 is 19.2 Å². The summed E-state index contributed by atoms with van der Waals surface area (Å²) in [6, 6.07) is 6.54. The van der Waals surface area contributed by atoms with Crippen LogP contribution >= 0.6 is 0 Å². The highest BCUT2D eigenvalue weighted by molar-refractivity contribution is 6.09. The number of anilines is 1. The molecule has 1 aliphatic heterocycles. The smallest absolute Gasteiger partial charge is 0.244 e. The maximum absolute atomic E-state index is 12.9. The molecule has 0 aromatic heterocycles. The number of imide groups is 1. The second-order valence-electron chi connectivity index (χ2n) is 8.10. The molecule has 6 atom stereocenters. The zero-order valence-corrected chi connectivity index (χ0v) is 14.9. The van der Waals surface area contributed by atoms with Crippen molar-refractivity contribution in [1.29, 1.82) is 0 Å². The topological polar surface area (TPSA) is 83.6 Å². The fraction of sp³-hybridized carbons (Fsp3) is 0.429. The molecule has 5 aliphatic rings. The molecule has 138 valence electrons. The van der Waals surface area contributed by atoms with E-state index in [1.807, 2.05) is 0 Å². The summed E-state index contributed by atoms with van der Waals surface area (Å²) in [7, 11) is 0. The Morgan fingerprint density at radius 2 is 1.56 bits per heavy atom. The lowest BCUT2D eigenvalue weighted by Crippen LogP contribution is -2.40. The van der Waals surface area contributed by atoms with Gasteiger partial charge in [0.1, 0.15) is 6.54 Å². The van der Waals surface area contributed by atoms with Gasteiger partial charge in [0.25, 0.3) is 0 Å². The second kappa shape index (κ2) is 5.62. The average Bonchev–Trinajstić information content (AvgIpc) is 3.43. The Bertz CT molecular complexity index is 867. The molecular weight excluding hydrogens is 344 g/mol. The van der Waals surface area contributed by atoms with E-state index in [1.54, 1.807) is 24.3 Å². The number of hydrogen-bond donors (Lipinski definition) is 1. The van der Waals surface area contributed by atoms with Crippen LogP contribution in [0, 0.1) is 35.5 Å². The lowest BCUT2D eigenvalue weighted by atomic mass is 9.63. The molecule has 0 spiro atoms. The number of amides is 3. The van der Waals surface area contributed by atoms with E-state index < -0.39 is 5.91 Å². The number of ketones is 1. The Morgan fingerprint density at radius 1 is 1.00 bits per heavy atom. The van der Waals surface area contributed by atoms with E-state index in [2.05, 4.69) is 17.5 Å². The Labute approximate surface area is 156 Å². The first-order chi connectivity index (χ1) is 13.0. The fourth-order valence-electron chi connectivity index (χ4n) is 5.31. The standard InChI is InChI=1S/C21H20N2O4/c1-10(24)11-2-4-12(5-3-11)22-17(25)9-23-20(26)18-13-6-7-14(16-8-15(13)16)19(18)21(23)27/h2-7,13-16,18-19H,8-9H2,1H3,(H,22,25)/t13-,14-,15-,16+,18-,19+/m0/s1. The molecular formula is C21H20N2O4. The quantitative estimate of drug-likeness (QED) is 0.502. The lowest BCUT2D eigenvalue weighted by molar-refractivity contribution is -0.142. The molecule has 0 radical (unpaired) electrons. The summed E-state index contributed by atoms with van der Waals surface area (Å²) >= 11 is 0. The van der Waals surface area contributed by atoms with E-state index in [0.29, 0.717) is 23.1 Å². The molecule has 1 saturated heterocycles. The van der Waals surface area contributed by atoms with Crippen molar-refractivity contribution in [1.82, 2.24) is 4.90 Å². The number of rotatable bonds is 4. The number of nitrogens with zero attached hydrogens (tertiary/aromatic N) is 1. The third-order valence-electron chi connectivity index (χ3n) is 6.63. The van der Waals surface area contributed by atoms with Gasteiger partial charge in [-0.25, -0.2) is 0 Å². The first kappa shape index (κ1) is 16.4. The van der Waals surface area contributed by atoms with Crippen LogP contribution in [0.2, 0.25) is 0 Å². The number of nitrogens with one attached hydrogen (secondary N) is 1. The van der Waals surface area contributed by atoms with Crippen LogP contribution in [0.4, 0.5) is 5.69 Å². The van der Waals surface area contributed by atoms with E-state index in [4.69, 9.17) is 0 Å². The number of carbonyl (C=O) groups excluding carboxylic acids is 4. The van der Waals surface area contributed by atoms with E-state index in [0.717, 1.165) is 11.3 Å². The first-order valence-corrected chi connectivity index (χ1v) is 9.40. The molecule has 3 amide bonds. The van der Waals surface area contributed by atoms with Crippen molar-refractivity contribution in [2.45, 2.75) is 13.3 Å². The van der Waals surface area contributed by atoms with E-state index in [-0.39, 0.29) is 47.8 Å². The summed E-state index contributed by atoms with van der Waals surface area (Å²) in [6.07, 6.45) is 5.35. The van der Waals surface area contributed by atoms with Crippen LogP contribution in [-0.4, -0.2) is 34.9 Å². The van der Waals surface area contributed by atoms with Gasteiger partial charge in [-0.15, -0.1) is 0 Å². The summed E-state index contributed by atoms with van der Waals surface area (Å²) in [6.45, 7) is 1.22. The highest BCUT2D eigenvalue weighted by atomic mass is 16.2. The van der Waals surface area contributed by atoms with Crippen LogP contribution in [0.15, 0.2) is 36.4 Å². The van der Waals surface area contributed by atoms with Gasteiger partial charge in [-0.2, -0.15) is 0 Å². The fourth-order valence-corrected chi connectivity index (χ4v) is 5.31. The van der Waals surface area contributed by atoms with Crippen molar-refractivity contribution in [3.05, 3.63) is 42.0 Å². The minimum absolute atomic E-state index is 0.0509. The van der Waals surface area contributed by atoms with Crippen LogP contribution in [0.3, 0.4) is 0 Å². The van der Waals surface area contributed by atoms with Gasteiger partial charge in [0.2, 0.25) is 17.7 Å². The van der Waals surface area contributed by atoms with Crippen LogP contribution in [0.1, 0.15) is 23.7 Å². The molecule has 3 fully saturated rings. The average molecular weight is 364 g/mol. The van der Waals surface area contributed by atoms with Crippen LogP contribution in [0.5, 0.6) is 0 Å². The molecule has 2 bridgehead atoms. The number of likely N-dealkylation sites (tertiary alicyclic amines) is 1. The highest BCUT2D eigenvalue weighted by Crippen LogP contribution is 2.65. The summed E-state index contributed by atoms with van der Waals surface area (Å²) in [5.41, 5.74) is 1.09. The van der Waals surface area contributed by atoms with Gasteiger partial charge in [0, 0.05) is 11.3 Å². The number of Topliss-reactive ketones (excluding diaryl/α,β-unsaturated/α-hetero) is 1. The molecule has 1 N–H and O–H groups in total. The van der Waals surface area contributed by atoms with Crippen molar-refractivity contribution in [2.24, 2.45) is 35.5 Å². The SMILES string of the molecule is CC(=O)c1ccc(NC(=O)CN2C(=O)[C@@H]3[C@H]4C=C[C@@H]([C@@H]5C[C@H]45)[C@@H]3C2=O)cc1.